The van der Waals surface area contributed by atoms with Crippen molar-refractivity contribution in [2.75, 3.05) is 26.2 Å². The van der Waals surface area contributed by atoms with Crippen LogP contribution in [0.4, 0.5) is 0 Å². The zero-order chi connectivity index (χ0) is 25.7. The van der Waals surface area contributed by atoms with Crippen molar-refractivity contribution in [1.29, 1.82) is 0 Å². The van der Waals surface area contributed by atoms with Gasteiger partial charge in [0.25, 0.3) is 23.6 Å². The van der Waals surface area contributed by atoms with Crippen LogP contribution in [0.2, 0.25) is 0 Å². The first kappa shape index (κ1) is 23.4. The molecule has 0 saturated carbocycles. The molecular weight excluding hydrogens is 464 g/mol. The normalized spacial score (nSPS) is 18.9. The van der Waals surface area contributed by atoms with Crippen LogP contribution in [0, 0.1) is 0 Å². The molecule has 184 valence electrons. The number of fused-ring (bicyclic) bond motifs is 2. The zero-order valence-electron chi connectivity index (χ0n) is 19.8. The number of nitrogens with zero attached hydrogens (tertiary/aromatic N) is 4. The summed E-state index contributed by atoms with van der Waals surface area (Å²) in [6.07, 6.45) is 0. The fraction of sp³-hybridized carbons (Fsp3) is 0.308. The van der Waals surface area contributed by atoms with Gasteiger partial charge >= 0.3 is 0 Å². The highest BCUT2D eigenvalue weighted by atomic mass is 16.2. The second kappa shape index (κ2) is 8.71. The van der Waals surface area contributed by atoms with E-state index < -0.39 is 35.7 Å². The van der Waals surface area contributed by atoms with Crippen molar-refractivity contribution in [3.63, 3.8) is 0 Å². The van der Waals surface area contributed by atoms with Crippen LogP contribution in [0.1, 0.15) is 55.3 Å². The van der Waals surface area contributed by atoms with Gasteiger partial charge in [-0.3, -0.25) is 38.6 Å². The Morgan fingerprint density at radius 1 is 0.556 bits per heavy atom. The fourth-order valence-corrected chi connectivity index (χ4v) is 5.02. The molecule has 6 amide bonds. The van der Waals surface area contributed by atoms with Gasteiger partial charge in [-0.25, -0.2) is 0 Å². The summed E-state index contributed by atoms with van der Waals surface area (Å²) >= 11 is 0. The molecule has 1 fully saturated rings. The summed E-state index contributed by atoms with van der Waals surface area (Å²) < 4.78 is 0. The lowest BCUT2D eigenvalue weighted by molar-refractivity contribution is -0.143. The van der Waals surface area contributed by atoms with Crippen LogP contribution < -0.4 is 0 Å². The maximum absolute atomic E-state index is 13.1. The van der Waals surface area contributed by atoms with Crippen molar-refractivity contribution in [3.8, 4) is 0 Å². The number of carbonyl (C=O) groups is 6. The lowest BCUT2D eigenvalue weighted by Crippen LogP contribution is -2.58. The molecule has 36 heavy (non-hydrogen) atoms. The zero-order valence-corrected chi connectivity index (χ0v) is 19.8. The van der Waals surface area contributed by atoms with Gasteiger partial charge in [-0.1, -0.05) is 24.3 Å². The summed E-state index contributed by atoms with van der Waals surface area (Å²) in [5, 5.41) is 0. The van der Waals surface area contributed by atoms with Crippen LogP contribution in [0.5, 0.6) is 0 Å². The van der Waals surface area contributed by atoms with Gasteiger partial charge in [0.1, 0.15) is 12.1 Å². The average Bonchev–Trinajstić information content (AvgIpc) is 3.31. The Bertz CT molecular complexity index is 1160. The Hall–Kier alpha value is -4.34. The van der Waals surface area contributed by atoms with E-state index in [0.717, 1.165) is 9.80 Å². The number of benzene rings is 2. The molecule has 2 aromatic carbocycles. The molecular formula is C26H24N4O6. The van der Waals surface area contributed by atoms with Gasteiger partial charge in [-0.2, -0.15) is 0 Å². The van der Waals surface area contributed by atoms with Crippen LogP contribution in [0.15, 0.2) is 48.5 Å². The number of rotatable bonds is 4. The van der Waals surface area contributed by atoms with Crippen molar-refractivity contribution in [1.82, 2.24) is 19.6 Å². The highest BCUT2D eigenvalue weighted by Crippen LogP contribution is 2.27. The molecule has 0 radical (unpaired) electrons. The van der Waals surface area contributed by atoms with Crippen molar-refractivity contribution in [2.24, 2.45) is 0 Å². The third-order valence-corrected chi connectivity index (χ3v) is 7.04. The van der Waals surface area contributed by atoms with E-state index in [0.29, 0.717) is 0 Å². The van der Waals surface area contributed by atoms with E-state index in [1.165, 1.54) is 23.6 Å². The molecule has 0 N–H and O–H groups in total. The first-order valence-electron chi connectivity index (χ1n) is 11.7. The summed E-state index contributed by atoms with van der Waals surface area (Å²) in [7, 11) is 0. The molecule has 0 bridgehead atoms. The second-order valence-corrected chi connectivity index (χ2v) is 9.05. The van der Waals surface area contributed by atoms with Crippen LogP contribution in [-0.4, -0.2) is 93.3 Å². The van der Waals surface area contributed by atoms with Gasteiger partial charge in [0, 0.05) is 26.2 Å². The molecule has 10 heteroatoms. The molecule has 2 atom stereocenters. The summed E-state index contributed by atoms with van der Waals surface area (Å²) in [4.78, 5) is 82.2. The third kappa shape index (κ3) is 3.48. The molecule has 0 unspecified atom stereocenters. The second-order valence-electron chi connectivity index (χ2n) is 9.05. The minimum absolute atomic E-state index is 0.201. The maximum Gasteiger partial charge on any atom is 0.262 e. The molecule has 2 aromatic rings. The van der Waals surface area contributed by atoms with E-state index in [1.54, 1.807) is 48.5 Å². The molecule has 10 nitrogen and oxygen atoms in total. The predicted octanol–water partition coefficient (Wildman–Crippen LogP) is 1.03. The summed E-state index contributed by atoms with van der Waals surface area (Å²) in [5.74, 6) is -2.77. The fourth-order valence-electron chi connectivity index (χ4n) is 5.02. The van der Waals surface area contributed by atoms with Gasteiger partial charge in [0.05, 0.1) is 22.3 Å². The van der Waals surface area contributed by atoms with Crippen molar-refractivity contribution in [2.45, 2.75) is 25.9 Å². The predicted molar refractivity (Wildman–Crippen MR) is 126 cm³/mol. The Morgan fingerprint density at radius 3 is 1.06 bits per heavy atom. The first-order valence-corrected chi connectivity index (χ1v) is 11.7. The van der Waals surface area contributed by atoms with Crippen LogP contribution in [0.3, 0.4) is 0 Å². The smallest absolute Gasteiger partial charge is 0.262 e. The summed E-state index contributed by atoms with van der Waals surface area (Å²) in [5.41, 5.74) is 1.11. The SMILES string of the molecule is C[C@@H](C(=O)N1CCN(C(=O)[C@H](C)N2C(=O)c3ccccc3C2=O)CC1)N1C(=O)c2ccccc2C1=O. The van der Waals surface area contributed by atoms with Gasteiger partial charge in [-0.15, -0.1) is 0 Å². The van der Waals surface area contributed by atoms with E-state index in [9.17, 15) is 28.8 Å². The van der Waals surface area contributed by atoms with Gasteiger partial charge in [0.15, 0.2) is 0 Å². The number of hydrogen-bond acceptors (Lipinski definition) is 6. The molecule has 0 spiro atoms. The lowest BCUT2D eigenvalue weighted by atomic mass is 10.1. The van der Waals surface area contributed by atoms with Crippen molar-refractivity contribution < 1.29 is 28.8 Å². The van der Waals surface area contributed by atoms with Crippen LogP contribution in [0.25, 0.3) is 0 Å². The van der Waals surface area contributed by atoms with Gasteiger partial charge in [0.2, 0.25) is 11.8 Å². The largest absolute Gasteiger partial charge is 0.337 e. The Balaban J connectivity index is 1.21. The van der Waals surface area contributed by atoms with Crippen molar-refractivity contribution in [3.05, 3.63) is 70.8 Å². The van der Waals surface area contributed by atoms with Crippen LogP contribution >= 0.6 is 0 Å². The molecule has 3 aliphatic heterocycles. The lowest BCUT2D eigenvalue weighted by Gasteiger charge is -2.38. The molecule has 3 aliphatic rings. The monoisotopic (exact) mass is 488 g/mol. The number of imide groups is 2. The van der Waals surface area contributed by atoms with Crippen molar-refractivity contribution >= 4 is 35.4 Å². The maximum atomic E-state index is 13.1. The number of amides is 6. The topological polar surface area (TPSA) is 115 Å². The molecule has 1 saturated heterocycles. The van der Waals surface area contributed by atoms with E-state index >= 15 is 0 Å². The highest BCUT2D eigenvalue weighted by Gasteiger charge is 2.44. The molecule has 5 rings (SSSR count). The van der Waals surface area contributed by atoms with Gasteiger partial charge < -0.3 is 9.80 Å². The van der Waals surface area contributed by atoms with E-state index in [4.69, 9.17) is 0 Å². The minimum Gasteiger partial charge on any atom is -0.337 e. The minimum atomic E-state index is -0.989. The molecule has 0 aliphatic carbocycles. The Labute approximate surface area is 207 Å². The number of carbonyl (C=O) groups excluding carboxylic acids is 6. The number of hydrogen-bond donors (Lipinski definition) is 0. The van der Waals surface area contributed by atoms with Crippen LogP contribution in [-0.2, 0) is 9.59 Å². The summed E-state index contributed by atoms with van der Waals surface area (Å²) in [6, 6.07) is 10.9. The standard InChI is InChI=1S/C26H24N4O6/c1-15(29-23(33)17-7-3-4-8-18(17)24(29)34)21(31)27-11-13-28(14-12-27)22(32)16(2)30-25(35)19-9-5-6-10-20(19)26(30)36/h3-10,15-16H,11-14H2,1-2H3/t15-,16-/m0/s1. The molecule has 3 heterocycles. The Kier molecular flexibility index (Phi) is 5.66. The summed E-state index contributed by atoms with van der Waals surface area (Å²) in [6.45, 7) is 3.84. The first-order chi connectivity index (χ1) is 17.2. The Morgan fingerprint density at radius 2 is 0.806 bits per heavy atom. The molecule has 0 aromatic heterocycles. The third-order valence-electron chi connectivity index (χ3n) is 7.04. The van der Waals surface area contributed by atoms with Gasteiger partial charge in [-0.05, 0) is 38.1 Å². The van der Waals surface area contributed by atoms with E-state index in [2.05, 4.69) is 0 Å². The quantitative estimate of drug-likeness (QED) is 0.594. The van der Waals surface area contributed by atoms with E-state index in [1.807, 2.05) is 0 Å². The van der Waals surface area contributed by atoms with E-state index in [-0.39, 0.29) is 60.2 Å². The average molecular weight is 489 g/mol. The highest BCUT2D eigenvalue weighted by molar-refractivity contribution is 6.23. The number of piperazine rings is 1.